The summed E-state index contributed by atoms with van der Waals surface area (Å²) in [5.41, 5.74) is 0. The number of sulfonamides is 1. The van der Waals surface area contributed by atoms with E-state index in [0.717, 1.165) is 0 Å². The lowest BCUT2D eigenvalue weighted by Gasteiger charge is -2.07. The first-order valence-electron chi connectivity index (χ1n) is 6.36. The average molecular weight is 315 g/mol. The Morgan fingerprint density at radius 2 is 1.05 bits per heavy atom. The largest absolute Gasteiger partial charge is 0.382 e. The van der Waals surface area contributed by atoms with E-state index >= 15 is 0 Å². The summed E-state index contributed by atoms with van der Waals surface area (Å²) >= 11 is 0. The van der Waals surface area contributed by atoms with Crippen LogP contribution in [0.2, 0.25) is 0 Å². The van der Waals surface area contributed by atoms with Gasteiger partial charge in [-0.2, -0.15) is 0 Å². The minimum atomic E-state index is -3.45. The Hall–Kier alpha value is -0.290. The lowest BCUT2D eigenvalue weighted by atomic mass is 10.7. The van der Waals surface area contributed by atoms with Crippen LogP contribution in [0.4, 0.5) is 0 Å². The van der Waals surface area contributed by atoms with Gasteiger partial charge in [0.1, 0.15) is 0 Å². The number of primary sulfonamides is 1. The minimum Gasteiger partial charge on any atom is -0.382 e. The smallest absolute Gasteiger partial charge is 0.211 e. The number of hydrogen-bond donors (Lipinski definition) is 1. The summed E-state index contributed by atoms with van der Waals surface area (Å²) in [7, 11) is -1.83. The Morgan fingerprint density at radius 1 is 0.700 bits per heavy atom. The molecule has 0 fully saturated rings. The predicted octanol–water partition coefficient (Wildman–Crippen LogP) is -1.01. The molecule has 0 radical (unpaired) electrons. The Labute approximate surface area is 120 Å². The second kappa shape index (κ2) is 13.7. The van der Waals surface area contributed by atoms with Gasteiger partial charge in [-0.3, -0.25) is 0 Å². The van der Waals surface area contributed by atoms with Crippen LogP contribution in [0.25, 0.3) is 0 Å². The Kier molecular flexibility index (Phi) is 13.5. The van der Waals surface area contributed by atoms with E-state index in [1.54, 1.807) is 7.11 Å². The Balaban J connectivity index is 3.03. The fourth-order valence-electron chi connectivity index (χ4n) is 1.08. The summed E-state index contributed by atoms with van der Waals surface area (Å²) in [4.78, 5) is 0. The van der Waals surface area contributed by atoms with Gasteiger partial charge in [-0.25, -0.2) is 13.6 Å². The average Bonchev–Trinajstić information content (AvgIpc) is 2.38. The highest BCUT2D eigenvalue weighted by molar-refractivity contribution is 7.89. The van der Waals surface area contributed by atoms with Crippen LogP contribution < -0.4 is 5.14 Å². The fourth-order valence-corrected chi connectivity index (χ4v) is 1.43. The zero-order chi connectivity index (χ0) is 15.1. The first kappa shape index (κ1) is 19.7. The van der Waals surface area contributed by atoms with E-state index in [1.807, 2.05) is 0 Å². The van der Waals surface area contributed by atoms with Gasteiger partial charge >= 0.3 is 0 Å². The van der Waals surface area contributed by atoms with Crippen molar-refractivity contribution < 1.29 is 32.1 Å². The molecule has 0 amide bonds. The highest BCUT2D eigenvalue weighted by Crippen LogP contribution is 1.84. The molecule has 122 valence electrons. The SMILES string of the molecule is COCCOCCOCCOCCOCCS(N)(=O)=O. The second-order valence-electron chi connectivity index (χ2n) is 3.81. The number of ether oxygens (including phenoxy) is 5. The zero-order valence-corrected chi connectivity index (χ0v) is 12.7. The highest BCUT2D eigenvalue weighted by Gasteiger charge is 2.01. The molecule has 0 aromatic carbocycles. The monoisotopic (exact) mass is 315 g/mol. The van der Waals surface area contributed by atoms with Crippen molar-refractivity contribution in [3.8, 4) is 0 Å². The van der Waals surface area contributed by atoms with Gasteiger partial charge in [0, 0.05) is 7.11 Å². The summed E-state index contributed by atoms with van der Waals surface area (Å²) in [6.45, 7) is 3.91. The molecule has 2 N–H and O–H groups in total. The van der Waals surface area contributed by atoms with Crippen molar-refractivity contribution in [3.63, 3.8) is 0 Å². The normalized spacial score (nSPS) is 11.9. The third-order valence-electron chi connectivity index (χ3n) is 2.06. The molecule has 0 aliphatic heterocycles. The van der Waals surface area contributed by atoms with Crippen molar-refractivity contribution in [2.45, 2.75) is 0 Å². The van der Waals surface area contributed by atoms with Gasteiger partial charge in [0.15, 0.2) is 0 Å². The zero-order valence-electron chi connectivity index (χ0n) is 11.9. The second-order valence-corrected chi connectivity index (χ2v) is 5.54. The molecule has 0 aromatic rings. The molecule has 0 unspecified atom stereocenters. The number of hydrogen-bond acceptors (Lipinski definition) is 7. The van der Waals surface area contributed by atoms with Gasteiger partial charge in [-0.05, 0) is 0 Å². The molecule has 0 bridgehead atoms. The molecule has 0 atom stereocenters. The maximum atomic E-state index is 10.6. The molecule has 20 heavy (non-hydrogen) atoms. The van der Waals surface area contributed by atoms with Crippen LogP contribution in [0.1, 0.15) is 0 Å². The van der Waals surface area contributed by atoms with Crippen LogP contribution >= 0.6 is 0 Å². The van der Waals surface area contributed by atoms with E-state index in [9.17, 15) is 8.42 Å². The maximum absolute atomic E-state index is 10.6. The van der Waals surface area contributed by atoms with Gasteiger partial charge < -0.3 is 23.7 Å². The third-order valence-corrected chi connectivity index (χ3v) is 2.80. The van der Waals surface area contributed by atoms with Crippen molar-refractivity contribution in [1.29, 1.82) is 0 Å². The molecular weight excluding hydrogens is 290 g/mol. The first-order valence-corrected chi connectivity index (χ1v) is 8.08. The van der Waals surface area contributed by atoms with Crippen molar-refractivity contribution in [2.75, 3.05) is 72.3 Å². The quantitative estimate of drug-likeness (QED) is 0.386. The molecule has 0 saturated carbocycles. The van der Waals surface area contributed by atoms with Gasteiger partial charge in [0.2, 0.25) is 10.0 Å². The molecule has 0 aromatic heterocycles. The van der Waals surface area contributed by atoms with Crippen LogP contribution in [0.15, 0.2) is 0 Å². The number of nitrogens with two attached hydrogens (primary N) is 1. The minimum absolute atomic E-state index is 0.0809. The third kappa shape index (κ3) is 17.7. The maximum Gasteiger partial charge on any atom is 0.211 e. The van der Waals surface area contributed by atoms with Crippen molar-refractivity contribution in [3.05, 3.63) is 0 Å². The van der Waals surface area contributed by atoms with Crippen LogP contribution in [-0.4, -0.2) is 80.7 Å². The Bertz CT molecular complexity index is 297. The first-order chi connectivity index (χ1) is 9.56. The summed E-state index contributed by atoms with van der Waals surface area (Å²) in [6.07, 6.45) is 0. The van der Waals surface area contributed by atoms with E-state index in [1.165, 1.54) is 0 Å². The summed E-state index contributed by atoms with van der Waals surface area (Å²) in [5.74, 6) is -0.181. The van der Waals surface area contributed by atoms with Crippen LogP contribution in [0.3, 0.4) is 0 Å². The molecule has 0 aliphatic carbocycles. The fraction of sp³-hybridized carbons (Fsp3) is 1.00. The molecule has 0 heterocycles. The lowest BCUT2D eigenvalue weighted by Crippen LogP contribution is -2.21. The molecule has 9 heteroatoms. The van der Waals surface area contributed by atoms with Gasteiger partial charge in [-0.15, -0.1) is 0 Å². The molecular formula is C11H25NO7S. The topological polar surface area (TPSA) is 106 Å². The summed E-state index contributed by atoms with van der Waals surface area (Å²) < 4.78 is 46.7. The van der Waals surface area contributed by atoms with E-state index in [4.69, 9.17) is 28.8 Å². The number of methoxy groups -OCH3 is 1. The van der Waals surface area contributed by atoms with Crippen LogP contribution in [0.5, 0.6) is 0 Å². The standard InChI is InChI=1S/C11H25NO7S/c1-15-2-3-16-4-5-17-6-7-18-8-9-19-10-11-20(12,13)14/h2-11H2,1H3,(H2,12,13,14). The van der Waals surface area contributed by atoms with E-state index in [0.29, 0.717) is 52.9 Å². The Morgan fingerprint density at radius 3 is 1.40 bits per heavy atom. The summed E-state index contributed by atoms with van der Waals surface area (Å²) in [6, 6.07) is 0. The molecule has 0 saturated heterocycles. The summed E-state index contributed by atoms with van der Waals surface area (Å²) in [5, 5.41) is 4.81. The lowest BCUT2D eigenvalue weighted by molar-refractivity contribution is -0.00666. The predicted molar refractivity (Wildman–Crippen MR) is 73.1 cm³/mol. The van der Waals surface area contributed by atoms with Crippen LogP contribution in [0, 0.1) is 0 Å². The van der Waals surface area contributed by atoms with E-state index in [-0.39, 0.29) is 12.4 Å². The van der Waals surface area contributed by atoms with Crippen LogP contribution in [-0.2, 0) is 33.7 Å². The van der Waals surface area contributed by atoms with Gasteiger partial charge in [-0.1, -0.05) is 0 Å². The van der Waals surface area contributed by atoms with Crippen molar-refractivity contribution in [1.82, 2.24) is 0 Å². The molecule has 0 spiro atoms. The van der Waals surface area contributed by atoms with Gasteiger partial charge in [0.25, 0.3) is 0 Å². The van der Waals surface area contributed by atoms with Gasteiger partial charge in [0.05, 0.1) is 65.2 Å². The molecule has 0 aliphatic rings. The van der Waals surface area contributed by atoms with Crippen molar-refractivity contribution >= 4 is 10.0 Å². The molecule has 8 nitrogen and oxygen atoms in total. The van der Waals surface area contributed by atoms with Crippen molar-refractivity contribution in [2.24, 2.45) is 5.14 Å². The highest BCUT2D eigenvalue weighted by atomic mass is 32.2. The van der Waals surface area contributed by atoms with E-state index in [2.05, 4.69) is 0 Å². The van der Waals surface area contributed by atoms with E-state index < -0.39 is 10.0 Å². The molecule has 0 rings (SSSR count). The number of rotatable bonds is 15.